The number of aliphatic carboxylic acids is 1. The molecular weight excluding hydrogens is 292 g/mol. The lowest BCUT2D eigenvalue weighted by Crippen LogP contribution is -2.43. The second-order valence-corrected chi connectivity index (χ2v) is 5.15. The van der Waals surface area contributed by atoms with Gasteiger partial charge in [0.1, 0.15) is 11.8 Å². The van der Waals surface area contributed by atoms with E-state index < -0.39 is 17.9 Å². The van der Waals surface area contributed by atoms with E-state index in [1.807, 2.05) is 12.3 Å². The number of benzene rings is 1. The van der Waals surface area contributed by atoms with Gasteiger partial charge in [0, 0.05) is 0 Å². The van der Waals surface area contributed by atoms with Gasteiger partial charge in [0.05, 0.1) is 11.6 Å². The molecule has 0 aromatic heterocycles. The number of amides is 1. The average molecular weight is 308 g/mol. The SMILES string of the molecule is CSCCC(NC(=O)COc1ccc(C#N)cc1)C(=O)O. The van der Waals surface area contributed by atoms with Crippen molar-refractivity contribution in [1.29, 1.82) is 5.26 Å². The summed E-state index contributed by atoms with van der Waals surface area (Å²) in [4.78, 5) is 22.6. The molecule has 7 heteroatoms. The van der Waals surface area contributed by atoms with Crippen molar-refractivity contribution in [1.82, 2.24) is 5.32 Å². The van der Waals surface area contributed by atoms with Gasteiger partial charge in [-0.3, -0.25) is 4.79 Å². The van der Waals surface area contributed by atoms with E-state index in [1.54, 1.807) is 24.3 Å². The molecule has 1 rings (SSSR count). The molecule has 0 saturated carbocycles. The van der Waals surface area contributed by atoms with Crippen LogP contribution in [-0.2, 0) is 9.59 Å². The third-order valence-electron chi connectivity index (χ3n) is 2.60. The molecule has 1 amide bonds. The third kappa shape index (κ3) is 6.19. The van der Waals surface area contributed by atoms with Gasteiger partial charge in [-0.1, -0.05) is 0 Å². The zero-order valence-electron chi connectivity index (χ0n) is 11.5. The van der Waals surface area contributed by atoms with Crippen LogP contribution in [0.1, 0.15) is 12.0 Å². The Bertz CT molecular complexity index is 525. The van der Waals surface area contributed by atoms with Gasteiger partial charge in [0.15, 0.2) is 6.61 Å². The third-order valence-corrected chi connectivity index (χ3v) is 3.24. The summed E-state index contributed by atoms with van der Waals surface area (Å²) in [5.74, 6) is -0.461. The number of rotatable bonds is 8. The minimum absolute atomic E-state index is 0.269. The van der Waals surface area contributed by atoms with Gasteiger partial charge in [-0.15, -0.1) is 0 Å². The fraction of sp³-hybridized carbons (Fsp3) is 0.357. The quantitative estimate of drug-likeness (QED) is 0.750. The fourth-order valence-corrected chi connectivity index (χ4v) is 1.98. The van der Waals surface area contributed by atoms with Crippen molar-refractivity contribution in [3.05, 3.63) is 29.8 Å². The highest BCUT2D eigenvalue weighted by molar-refractivity contribution is 7.98. The maximum absolute atomic E-state index is 11.7. The van der Waals surface area contributed by atoms with Crippen LogP contribution in [0.4, 0.5) is 0 Å². The second-order valence-electron chi connectivity index (χ2n) is 4.16. The monoisotopic (exact) mass is 308 g/mol. The summed E-state index contributed by atoms with van der Waals surface area (Å²) in [5.41, 5.74) is 0.495. The Morgan fingerprint density at radius 1 is 1.43 bits per heavy atom. The number of thioether (sulfide) groups is 1. The Morgan fingerprint density at radius 3 is 2.62 bits per heavy atom. The average Bonchev–Trinajstić information content (AvgIpc) is 2.49. The Kier molecular flexibility index (Phi) is 7.12. The fourth-order valence-electron chi connectivity index (χ4n) is 1.50. The van der Waals surface area contributed by atoms with Crippen molar-refractivity contribution in [2.75, 3.05) is 18.6 Å². The van der Waals surface area contributed by atoms with Crippen LogP contribution in [0.5, 0.6) is 5.75 Å². The van der Waals surface area contributed by atoms with Crippen molar-refractivity contribution in [2.45, 2.75) is 12.5 Å². The molecule has 1 aromatic rings. The molecule has 0 fully saturated rings. The Morgan fingerprint density at radius 2 is 2.10 bits per heavy atom. The number of carboxylic acid groups (broad SMARTS) is 1. The first-order valence-electron chi connectivity index (χ1n) is 6.21. The highest BCUT2D eigenvalue weighted by Crippen LogP contribution is 2.11. The van der Waals surface area contributed by atoms with Crippen molar-refractivity contribution in [2.24, 2.45) is 0 Å². The van der Waals surface area contributed by atoms with Crippen LogP contribution < -0.4 is 10.1 Å². The number of nitrogens with zero attached hydrogens (tertiary/aromatic N) is 1. The molecule has 1 unspecified atom stereocenters. The highest BCUT2D eigenvalue weighted by atomic mass is 32.2. The molecule has 0 bridgehead atoms. The smallest absolute Gasteiger partial charge is 0.326 e. The number of carboxylic acids is 1. The van der Waals surface area contributed by atoms with Gasteiger partial charge in [-0.05, 0) is 42.7 Å². The minimum atomic E-state index is -1.06. The zero-order valence-corrected chi connectivity index (χ0v) is 12.4. The first kappa shape index (κ1) is 16.9. The molecule has 0 aliphatic carbocycles. The van der Waals surface area contributed by atoms with E-state index in [2.05, 4.69) is 5.32 Å². The second kappa shape index (κ2) is 8.87. The molecule has 6 nitrogen and oxygen atoms in total. The van der Waals surface area contributed by atoms with Crippen LogP contribution in [-0.4, -0.2) is 41.6 Å². The zero-order chi connectivity index (χ0) is 15.7. The molecule has 0 aliphatic rings. The topological polar surface area (TPSA) is 99.4 Å². The van der Waals surface area contributed by atoms with Gasteiger partial charge in [0.2, 0.25) is 0 Å². The van der Waals surface area contributed by atoms with Crippen LogP contribution in [0.25, 0.3) is 0 Å². The summed E-state index contributed by atoms with van der Waals surface area (Å²) >= 11 is 1.52. The number of ether oxygens (including phenoxy) is 1. The lowest BCUT2D eigenvalue weighted by Gasteiger charge is -2.14. The summed E-state index contributed by atoms with van der Waals surface area (Å²) in [6, 6.07) is 7.37. The Labute approximate surface area is 127 Å². The van der Waals surface area contributed by atoms with Gasteiger partial charge in [-0.2, -0.15) is 17.0 Å². The molecule has 0 spiro atoms. The van der Waals surface area contributed by atoms with Crippen LogP contribution in [0.3, 0.4) is 0 Å². The molecule has 0 saturated heterocycles. The number of hydrogen-bond donors (Lipinski definition) is 2. The van der Waals surface area contributed by atoms with E-state index in [4.69, 9.17) is 15.1 Å². The standard InChI is InChI=1S/C14H16N2O4S/c1-21-7-6-12(14(18)19)16-13(17)9-20-11-4-2-10(8-15)3-5-11/h2-5,12H,6-7,9H2,1H3,(H,16,17)(H,18,19). The largest absolute Gasteiger partial charge is 0.484 e. The molecule has 1 atom stereocenters. The van der Waals surface area contributed by atoms with Crippen molar-refractivity contribution >= 4 is 23.6 Å². The normalized spacial score (nSPS) is 11.2. The molecule has 0 heterocycles. The number of nitriles is 1. The lowest BCUT2D eigenvalue weighted by atomic mass is 10.2. The Hall–Kier alpha value is -2.20. The van der Waals surface area contributed by atoms with Crippen molar-refractivity contribution in [3.8, 4) is 11.8 Å². The van der Waals surface area contributed by atoms with Crippen molar-refractivity contribution in [3.63, 3.8) is 0 Å². The molecule has 0 aliphatic heterocycles. The summed E-state index contributed by atoms with van der Waals surface area (Å²) in [7, 11) is 0. The number of carbonyl (C=O) groups excluding carboxylic acids is 1. The van der Waals surface area contributed by atoms with Gasteiger partial charge in [-0.25, -0.2) is 4.79 Å². The molecule has 112 valence electrons. The number of hydrogen-bond acceptors (Lipinski definition) is 5. The van der Waals surface area contributed by atoms with Gasteiger partial charge >= 0.3 is 5.97 Å². The predicted molar refractivity (Wildman–Crippen MR) is 79.2 cm³/mol. The predicted octanol–water partition coefficient (Wildman–Crippen LogP) is 1.26. The molecular formula is C14H16N2O4S. The van der Waals surface area contributed by atoms with Crippen LogP contribution >= 0.6 is 11.8 Å². The van der Waals surface area contributed by atoms with E-state index in [0.29, 0.717) is 23.5 Å². The number of carbonyl (C=O) groups is 2. The highest BCUT2D eigenvalue weighted by Gasteiger charge is 2.19. The van der Waals surface area contributed by atoms with E-state index >= 15 is 0 Å². The summed E-state index contributed by atoms with van der Waals surface area (Å²) in [6.45, 7) is -0.269. The lowest BCUT2D eigenvalue weighted by molar-refractivity contribution is -0.142. The minimum Gasteiger partial charge on any atom is -0.484 e. The Balaban J connectivity index is 2.44. The number of nitrogens with one attached hydrogen (secondary N) is 1. The van der Waals surface area contributed by atoms with Crippen LogP contribution in [0, 0.1) is 11.3 Å². The molecule has 1 aromatic carbocycles. The van der Waals surface area contributed by atoms with E-state index in [9.17, 15) is 9.59 Å². The van der Waals surface area contributed by atoms with E-state index in [-0.39, 0.29) is 6.61 Å². The first-order chi connectivity index (χ1) is 10.1. The summed E-state index contributed by atoms with van der Waals surface area (Å²) < 4.78 is 5.23. The van der Waals surface area contributed by atoms with Gasteiger partial charge < -0.3 is 15.2 Å². The van der Waals surface area contributed by atoms with E-state index in [1.165, 1.54) is 11.8 Å². The maximum Gasteiger partial charge on any atom is 0.326 e. The first-order valence-corrected chi connectivity index (χ1v) is 7.60. The summed E-state index contributed by atoms with van der Waals surface area (Å²) in [5, 5.41) is 20.1. The maximum atomic E-state index is 11.7. The van der Waals surface area contributed by atoms with Crippen molar-refractivity contribution < 1.29 is 19.4 Å². The summed E-state index contributed by atoms with van der Waals surface area (Å²) in [6.07, 6.45) is 2.23. The van der Waals surface area contributed by atoms with Gasteiger partial charge in [0.25, 0.3) is 5.91 Å². The van der Waals surface area contributed by atoms with Crippen LogP contribution in [0.15, 0.2) is 24.3 Å². The molecule has 21 heavy (non-hydrogen) atoms. The van der Waals surface area contributed by atoms with E-state index in [0.717, 1.165) is 0 Å². The van der Waals surface area contributed by atoms with Crippen LogP contribution in [0.2, 0.25) is 0 Å². The molecule has 2 N–H and O–H groups in total. The molecule has 0 radical (unpaired) electrons.